The Morgan fingerprint density at radius 1 is 1.35 bits per heavy atom. The molecule has 126 valence electrons. The molecule has 1 fully saturated rings. The highest BCUT2D eigenvalue weighted by atomic mass is 32.2. The number of imidazole rings is 1. The van der Waals surface area contributed by atoms with Crippen LogP contribution in [-0.2, 0) is 4.74 Å². The van der Waals surface area contributed by atoms with Crippen LogP contribution in [0.25, 0.3) is 11.0 Å². The topological polar surface area (TPSA) is 106 Å². The predicted molar refractivity (Wildman–Crippen MR) is 90.0 cm³/mol. The number of nitrogen functional groups attached to an aromatic ring is 1. The molecule has 8 heteroatoms. The maximum absolute atomic E-state index is 10.4. The van der Waals surface area contributed by atoms with Crippen LogP contribution >= 0.6 is 11.8 Å². The Bertz CT molecular complexity index is 678. The van der Waals surface area contributed by atoms with E-state index in [1.54, 1.807) is 34.9 Å². The lowest BCUT2D eigenvalue weighted by Crippen LogP contribution is -2.32. The zero-order valence-corrected chi connectivity index (χ0v) is 14.0. The predicted octanol–water partition coefficient (Wildman–Crippen LogP) is 1.02. The van der Waals surface area contributed by atoms with Gasteiger partial charge < -0.3 is 25.3 Å². The minimum atomic E-state index is -1.01. The van der Waals surface area contributed by atoms with Gasteiger partial charge in [-0.2, -0.15) is 11.8 Å². The molecule has 4 atom stereocenters. The lowest BCUT2D eigenvalue weighted by molar-refractivity contribution is -0.0285. The fourth-order valence-electron chi connectivity index (χ4n) is 2.70. The maximum atomic E-state index is 10.4. The lowest BCUT2D eigenvalue weighted by atomic mass is 10.1. The highest BCUT2D eigenvalue weighted by Crippen LogP contribution is 2.33. The summed E-state index contributed by atoms with van der Waals surface area (Å²) in [5.41, 5.74) is 7.10. The summed E-state index contributed by atoms with van der Waals surface area (Å²) in [6.45, 7) is 4.29. The number of aliphatic hydroxyl groups is 2. The number of anilines is 1. The Morgan fingerprint density at radius 3 is 2.87 bits per heavy atom. The van der Waals surface area contributed by atoms with Gasteiger partial charge >= 0.3 is 0 Å². The molecule has 7 nitrogen and oxygen atoms in total. The highest BCUT2D eigenvalue weighted by Gasteiger charge is 2.43. The molecule has 1 saturated heterocycles. The van der Waals surface area contributed by atoms with Crippen molar-refractivity contribution in [3.63, 3.8) is 0 Å². The van der Waals surface area contributed by atoms with Crippen LogP contribution in [0.2, 0.25) is 0 Å². The van der Waals surface area contributed by atoms with Crippen LogP contribution in [0.1, 0.15) is 20.1 Å². The minimum Gasteiger partial charge on any atom is -0.387 e. The van der Waals surface area contributed by atoms with Gasteiger partial charge in [0.25, 0.3) is 0 Å². The first-order valence-electron chi connectivity index (χ1n) is 7.65. The SMILES string of the molecule is CC(C)CSC[C@H]1O[C@@H](n2cnc3c(N)nccc32)[C@@H](O)[C@H]1O. The summed E-state index contributed by atoms with van der Waals surface area (Å²) in [7, 11) is 0. The zero-order valence-electron chi connectivity index (χ0n) is 13.2. The van der Waals surface area contributed by atoms with Crippen LogP contribution in [0.3, 0.4) is 0 Å². The van der Waals surface area contributed by atoms with Crippen LogP contribution in [0.4, 0.5) is 5.82 Å². The van der Waals surface area contributed by atoms with Gasteiger partial charge in [0, 0.05) is 11.9 Å². The van der Waals surface area contributed by atoms with Gasteiger partial charge in [0.05, 0.1) is 17.9 Å². The molecule has 1 aliphatic rings. The third kappa shape index (κ3) is 3.16. The van der Waals surface area contributed by atoms with Crippen molar-refractivity contribution < 1.29 is 14.9 Å². The van der Waals surface area contributed by atoms with Crippen molar-refractivity contribution in [1.29, 1.82) is 0 Å². The molecule has 3 rings (SSSR count). The summed E-state index contributed by atoms with van der Waals surface area (Å²) >= 11 is 1.72. The molecule has 0 bridgehead atoms. The van der Waals surface area contributed by atoms with Crippen molar-refractivity contribution in [3.05, 3.63) is 18.6 Å². The van der Waals surface area contributed by atoms with E-state index in [2.05, 4.69) is 23.8 Å². The number of nitrogens with two attached hydrogens (primary N) is 1. The molecular formula is C15H22N4O3S. The summed E-state index contributed by atoms with van der Waals surface area (Å²) in [6.07, 6.45) is 0.135. The summed E-state index contributed by atoms with van der Waals surface area (Å²) < 4.78 is 7.60. The number of pyridine rings is 1. The number of hydrogen-bond donors (Lipinski definition) is 3. The van der Waals surface area contributed by atoms with Gasteiger partial charge in [-0.05, 0) is 17.7 Å². The quantitative estimate of drug-likeness (QED) is 0.747. The maximum Gasteiger partial charge on any atom is 0.164 e. The summed E-state index contributed by atoms with van der Waals surface area (Å²) in [5.74, 6) is 2.54. The van der Waals surface area contributed by atoms with E-state index in [0.29, 0.717) is 23.0 Å². The Kier molecular flexibility index (Phi) is 4.77. The van der Waals surface area contributed by atoms with Crippen molar-refractivity contribution in [1.82, 2.24) is 14.5 Å². The number of hydrogen-bond acceptors (Lipinski definition) is 7. The first-order chi connectivity index (χ1) is 11.0. The van der Waals surface area contributed by atoms with Crippen LogP contribution in [0, 0.1) is 5.92 Å². The molecule has 0 spiro atoms. The fourth-order valence-corrected chi connectivity index (χ4v) is 3.82. The second-order valence-electron chi connectivity index (χ2n) is 6.19. The molecule has 23 heavy (non-hydrogen) atoms. The molecule has 3 heterocycles. The summed E-state index contributed by atoms with van der Waals surface area (Å²) in [4.78, 5) is 8.23. The molecule has 2 aromatic rings. The highest BCUT2D eigenvalue weighted by molar-refractivity contribution is 7.99. The third-order valence-electron chi connectivity index (χ3n) is 3.87. The van der Waals surface area contributed by atoms with Crippen molar-refractivity contribution in [2.24, 2.45) is 5.92 Å². The molecule has 0 aliphatic carbocycles. The monoisotopic (exact) mass is 338 g/mol. The second-order valence-corrected chi connectivity index (χ2v) is 7.27. The van der Waals surface area contributed by atoms with E-state index < -0.39 is 24.5 Å². The van der Waals surface area contributed by atoms with E-state index in [1.165, 1.54) is 0 Å². The molecule has 0 aromatic carbocycles. The number of aliphatic hydroxyl groups excluding tert-OH is 2. The van der Waals surface area contributed by atoms with E-state index in [4.69, 9.17) is 10.5 Å². The van der Waals surface area contributed by atoms with E-state index >= 15 is 0 Å². The fraction of sp³-hybridized carbons (Fsp3) is 0.600. The van der Waals surface area contributed by atoms with Crippen molar-refractivity contribution >= 4 is 28.6 Å². The van der Waals surface area contributed by atoms with Gasteiger partial charge in [-0.25, -0.2) is 9.97 Å². The van der Waals surface area contributed by atoms with Gasteiger partial charge in [0.15, 0.2) is 12.0 Å². The van der Waals surface area contributed by atoms with E-state index in [9.17, 15) is 10.2 Å². The molecule has 4 N–H and O–H groups in total. The van der Waals surface area contributed by atoms with Gasteiger partial charge in [-0.1, -0.05) is 13.8 Å². The molecular weight excluding hydrogens is 316 g/mol. The van der Waals surface area contributed by atoms with Crippen LogP contribution in [0.5, 0.6) is 0 Å². The third-order valence-corrected chi connectivity index (χ3v) is 5.33. The molecule has 2 aromatic heterocycles. The average molecular weight is 338 g/mol. The van der Waals surface area contributed by atoms with Gasteiger partial charge in [0.2, 0.25) is 0 Å². The van der Waals surface area contributed by atoms with Crippen LogP contribution < -0.4 is 5.73 Å². The number of aromatic nitrogens is 3. The van der Waals surface area contributed by atoms with E-state index in [-0.39, 0.29) is 0 Å². The minimum absolute atomic E-state index is 0.332. The van der Waals surface area contributed by atoms with E-state index in [1.807, 2.05) is 0 Å². The first kappa shape index (κ1) is 16.5. The Balaban J connectivity index is 1.78. The Labute approximate surface area is 138 Å². The van der Waals surface area contributed by atoms with Crippen LogP contribution in [0.15, 0.2) is 18.6 Å². The number of thioether (sulfide) groups is 1. The summed E-state index contributed by atoms with van der Waals surface area (Å²) in [5, 5.41) is 20.6. The molecule has 0 unspecified atom stereocenters. The Hall–Kier alpha value is -1.35. The Morgan fingerprint density at radius 2 is 2.13 bits per heavy atom. The number of ether oxygens (including phenoxy) is 1. The normalized spacial score (nSPS) is 28.0. The number of nitrogens with zero attached hydrogens (tertiary/aromatic N) is 3. The van der Waals surface area contributed by atoms with Crippen molar-refractivity contribution in [2.45, 2.75) is 38.4 Å². The van der Waals surface area contributed by atoms with Crippen molar-refractivity contribution in [3.8, 4) is 0 Å². The zero-order chi connectivity index (χ0) is 16.6. The largest absolute Gasteiger partial charge is 0.387 e. The van der Waals surface area contributed by atoms with Crippen molar-refractivity contribution in [2.75, 3.05) is 17.2 Å². The lowest BCUT2D eigenvalue weighted by Gasteiger charge is -2.17. The first-order valence-corrected chi connectivity index (χ1v) is 8.81. The van der Waals surface area contributed by atoms with Gasteiger partial charge in [-0.15, -0.1) is 0 Å². The molecule has 1 aliphatic heterocycles. The molecule has 0 amide bonds. The second kappa shape index (κ2) is 6.64. The molecule has 0 radical (unpaired) electrons. The average Bonchev–Trinajstić information content (AvgIpc) is 3.04. The van der Waals surface area contributed by atoms with E-state index in [0.717, 1.165) is 11.3 Å². The van der Waals surface area contributed by atoms with Gasteiger partial charge in [0.1, 0.15) is 17.7 Å². The summed E-state index contributed by atoms with van der Waals surface area (Å²) in [6, 6.07) is 1.77. The van der Waals surface area contributed by atoms with Crippen LogP contribution in [-0.4, -0.2) is 54.6 Å². The smallest absolute Gasteiger partial charge is 0.164 e. The number of rotatable bonds is 5. The molecule has 0 saturated carbocycles. The van der Waals surface area contributed by atoms with Gasteiger partial charge in [-0.3, -0.25) is 0 Å². The standard InChI is InChI=1S/C15H22N4O3S/c1-8(2)5-23-6-10-12(20)13(21)15(22-10)19-7-18-11-9(19)3-4-17-14(11)16/h3-4,7-8,10,12-13,15,20-21H,5-6H2,1-2H3,(H2,16,17)/t10-,12+,13+,15-/m1/s1. The number of fused-ring (bicyclic) bond motifs is 1.